The second-order valence-corrected chi connectivity index (χ2v) is 5.85. The summed E-state index contributed by atoms with van der Waals surface area (Å²) in [5.41, 5.74) is 2.70. The maximum absolute atomic E-state index is 5.23. The number of hydrogen-bond acceptors (Lipinski definition) is 4. The van der Waals surface area contributed by atoms with Crippen LogP contribution >= 0.6 is 0 Å². The lowest BCUT2D eigenvalue weighted by Crippen LogP contribution is -2.43. The fraction of sp³-hybridized carbons (Fsp3) is 0.316. The van der Waals surface area contributed by atoms with Crippen LogP contribution in [0.3, 0.4) is 0 Å². The summed E-state index contributed by atoms with van der Waals surface area (Å²) in [6.45, 7) is 7.19. The van der Waals surface area contributed by atoms with E-state index in [2.05, 4.69) is 46.2 Å². The number of aryl methyl sites for hydroxylation is 1. The molecule has 0 radical (unpaired) electrons. The van der Waals surface area contributed by atoms with Crippen molar-refractivity contribution in [1.29, 1.82) is 0 Å². The van der Waals surface area contributed by atoms with Crippen LogP contribution in [0.15, 0.2) is 58.3 Å². The van der Waals surface area contributed by atoms with Crippen LogP contribution in [0, 0.1) is 6.92 Å². The van der Waals surface area contributed by atoms with E-state index in [1.165, 1.54) is 11.1 Å². The lowest BCUT2D eigenvalue weighted by molar-refractivity contribution is 0.131. The minimum Gasteiger partial charge on any atom is -0.465 e. The van der Waals surface area contributed by atoms with E-state index >= 15 is 0 Å². The van der Waals surface area contributed by atoms with Crippen molar-refractivity contribution in [2.75, 3.05) is 26.2 Å². The molecule has 0 unspecified atom stereocenters. The maximum atomic E-state index is 5.23. The number of allylic oxidation sites excluding steroid dienone is 1. The van der Waals surface area contributed by atoms with Gasteiger partial charge in [0.15, 0.2) is 0 Å². The molecule has 2 aromatic rings. The third-order valence-electron chi connectivity index (χ3n) is 4.00. The van der Waals surface area contributed by atoms with Gasteiger partial charge in [-0.15, -0.1) is 0 Å². The Labute approximate surface area is 137 Å². The molecule has 1 aliphatic heterocycles. The van der Waals surface area contributed by atoms with Crippen LogP contribution in [0.2, 0.25) is 0 Å². The van der Waals surface area contributed by atoms with E-state index in [1.54, 1.807) is 6.26 Å². The van der Waals surface area contributed by atoms with Crippen LogP contribution in [0.4, 0.5) is 0 Å². The highest BCUT2D eigenvalue weighted by atomic mass is 16.3. The Morgan fingerprint density at radius 2 is 1.87 bits per heavy atom. The first-order valence-electron chi connectivity index (χ1n) is 8.06. The molecule has 4 heteroatoms. The highest BCUT2D eigenvalue weighted by molar-refractivity contribution is 5.77. The van der Waals surface area contributed by atoms with E-state index in [1.807, 2.05) is 30.5 Å². The molecule has 0 aliphatic carbocycles. The van der Waals surface area contributed by atoms with Crippen molar-refractivity contribution in [2.45, 2.75) is 13.5 Å². The summed E-state index contributed by atoms with van der Waals surface area (Å²) in [5, 5.41) is 6.61. The topological polar surface area (TPSA) is 32.0 Å². The van der Waals surface area contributed by atoms with Gasteiger partial charge in [0.05, 0.1) is 6.26 Å². The Kier molecular flexibility index (Phi) is 5.27. The largest absolute Gasteiger partial charge is 0.465 e. The van der Waals surface area contributed by atoms with Crippen molar-refractivity contribution >= 4 is 12.3 Å². The summed E-state index contributed by atoms with van der Waals surface area (Å²) in [4.78, 5) is 2.48. The van der Waals surface area contributed by atoms with Crippen molar-refractivity contribution in [3.8, 4) is 0 Å². The summed E-state index contributed by atoms with van der Waals surface area (Å²) in [6.07, 6.45) is 7.33. The first-order chi connectivity index (χ1) is 11.3. The van der Waals surface area contributed by atoms with Gasteiger partial charge in [-0.1, -0.05) is 29.8 Å². The molecule has 120 valence electrons. The predicted molar refractivity (Wildman–Crippen MR) is 94.3 cm³/mol. The van der Waals surface area contributed by atoms with Gasteiger partial charge in [-0.05, 0) is 36.8 Å². The summed E-state index contributed by atoms with van der Waals surface area (Å²) >= 11 is 0. The van der Waals surface area contributed by atoms with Crippen molar-refractivity contribution in [3.05, 3.63) is 65.6 Å². The maximum Gasteiger partial charge on any atom is 0.126 e. The smallest absolute Gasteiger partial charge is 0.126 e. The molecule has 2 heterocycles. The normalized spacial score (nSPS) is 16.7. The molecule has 1 aromatic carbocycles. The lowest BCUT2D eigenvalue weighted by Gasteiger charge is -2.33. The fourth-order valence-electron chi connectivity index (χ4n) is 2.62. The third-order valence-corrected chi connectivity index (χ3v) is 4.00. The van der Waals surface area contributed by atoms with Gasteiger partial charge < -0.3 is 4.42 Å². The Balaban J connectivity index is 1.42. The number of piperazine rings is 1. The van der Waals surface area contributed by atoms with Crippen LogP contribution in [0.1, 0.15) is 16.9 Å². The van der Waals surface area contributed by atoms with Gasteiger partial charge in [0.1, 0.15) is 5.76 Å². The van der Waals surface area contributed by atoms with Crippen LogP contribution in [-0.2, 0) is 6.54 Å². The van der Waals surface area contributed by atoms with E-state index in [0.717, 1.165) is 38.5 Å². The molecular formula is C19H23N3O. The van der Waals surface area contributed by atoms with Crippen molar-refractivity contribution in [3.63, 3.8) is 0 Å². The summed E-state index contributed by atoms with van der Waals surface area (Å²) < 4.78 is 5.23. The van der Waals surface area contributed by atoms with Crippen LogP contribution in [-0.4, -0.2) is 42.3 Å². The Morgan fingerprint density at radius 3 is 2.57 bits per heavy atom. The molecule has 0 spiro atoms. The SMILES string of the molecule is Cc1ccc(CN2CCN(/N=C/C=C\c3ccco3)CC2)cc1. The minimum atomic E-state index is 0.847. The number of hydrazone groups is 1. The monoisotopic (exact) mass is 309 g/mol. The molecule has 23 heavy (non-hydrogen) atoms. The van der Waals surface area contributed by atoms with Crippen LogP contribution in [0.25, 0.3) is 6.08 Å². The number of benzene rings is 1. The van der Waals surface area contributed by atoms with E-state index < -0.39 is 0 Å². The molecule has 0 N–H and O–H groups in total. The average Bonchev–Trinajstić information content (AvgIpc) is 3.09. The standard InChI is InChI=1S/C19H23N3O/c1-17-6-8-18(9-7-17)16-21-11-13-22(14-12-21)20-10-2-4-19-5-3-15-23-19/h2-10,15H,11-14,16H2,1H3/b4-2-,20-10+. The molecule has 0 amide bonds. The molecule has 1 aromatic heterocycles. The zero-order valence-electron chi connectivity index (χ0n) is 13.6. The summed E-state index contributed by atoms with van der Waals surface area (Å²) in [5.74, 6) is 0.847. The number of nitrogens with zero attached hydrogens (tertiary/aromatic N) is 3. The summed E-state index contributed by atoms with van der Waals surface area (Å²) in [7, 11) is 0. The van der Waals surface area contributed by atoms with Crippen molar-refractivity contribution in [2.24, 2.45) is 5.10 Å². The number of rotatable bonds is 5. The van der Waals surface area contributed by atoms with Gasteiger partial charge in [0.2, 0.25) is 0 Å². The van der Waals surface area contributed by atoms with E-state index in [4.69, 9.17) is 4.42 Å². The highest BCUT2D eigenvalue weighted by Gasteiger charge is 2.14. The average molecular weight is 309 g/mol. The molecule has 0 saturated carbocycles. The quantitative estimate of drug-likeness (QED) is 0.793. The van der Waals surface area contributed by atoms with Gasteiger partial charge >= 0.3 is 0 Å². The van der Waals surface area contributed by atoms with Crippen LogP contribution < -0.4 is 0 Å². The Morgan fingerprint density at radius 1 is 1.09 bits per heavy atom. The van der Waals surface area contributed by atoms with Gasteiger partial charge in [0, 0.05) is 38.9 Å². The Hall–Kier alpha value is -2.33. The minimum absolute atomic E-state index is 0.847. The molecule has 1 saturated heterocycles. The fourth-order valence-corrected chi connectivity index (χ4v) is 2.62. The van der Waals surface area contributed by atoms with Crippen LogP contribution in [0.5, 0.6) is 0 Å². The first kappa shape index (κ1) is 15.6. The zero-order valence-corrected chi connectivity index (χ0v) is 13.6. The van der Waals surface area contributed by atoms with Gasteiger partial charge in [-0.3, -0.25) is 9.91 Å². The molecule has 4 nitrogen and oxygen atoms in total. The second-order valence-electron chi connectivity index (χ2n) is 5.85. The summed E-state index contributed by atoms with van der Waals surface area (Å²) in [6, 6.07) is 12.6. The molecule has 0 bridgehead atoms. The molecular weight excluding hydrogens is 286 g/mol. The van der Waals surface area contributed by atoms with E-state index in [0.29, 0.717) is 0 Å². The molecule has 0 atom stereocenters. The highest BCUT2D eigenvalue weighted by Crippen LogP contribution is 2.10. The van der Waals surface area contributed by atoms with E-state index in [9.17, 15) is 0 Å². The van der Waals surface area contributed by atoms with Crippen molar-refractivity contribution in [1.82, 2.24) is 9.91 Å². The van der Waals surface area contributed by atoms with E-state index in [-0.39, 0.29) is 0 Å². The number of hydrogen-bond donors (Lipinski definition) is 0. The predicted octanol–water partition coefficient (Wildman–Crippen LogP) is 3.40. The third kappa shape index (κ3) is 4.83. The molecule has 1 aliphatic rings. The molecule has 3 rings (SSSR count). The number of furan rings is 1. The zero-order chi connectivity index (χ0) is 15.9. The van der Waals surface area contributed by atoms with Gasteiger partial charge in [-0.25, -0.2) is 0 Å². The van der Waals surface area contributed by atoms with Gasteiger partial charge in [-0.2, -0.15) is 5.10 Å². The van der Waals surface area contributed by atoms with Crippen molar-refractivity contribution < 1.29 is 4.42 Å². The lowest BCUT2D eigenvalue weighted by atomic mass is 10.1. The first-order valence-corrected chi connectivity index (χ1v) is 8.06. The second kappa shape index (κ2) is 7.79. The van der Waals surface area contributed by atoms with Gasteiger partial charge in [0.25, 0.3) is 0 Å². The molecule has 1 fully saturated rings. The Bertz CT molecular complexity index is 636.